The molecule has 0 spiro atoms. The number of nitrogens with zero attached hydrogens (tertiary/aromatic N) is 1. The second kappa shape index (κ2) is 7.55. The predicted molar refractivity (Wildman–Crippen MR) is 121 cm³/mol. The lowest BCUT2D eigenvalue weighted by molar-refractivity contribution is -0.258. The summed E-state index contributed by atoms with van der Waals surface area (Å²) < 4.78 is 55.2. The van der Waals surface area contributed by atoms with Gasteiger partial charge in [-0.1, -0.05) is 24.3 Å². The van der Waals surface area contributed by atoms with Gasteiger partial charge in [0, 0.05) is 16.5 Å². The summed E-state index contributed by atoms with van der Waals surface area (Å²) in [5.74, 6) is 0. The number of aliphatic hydroxyl groups is 1. The van der Waals surface area contributed by atoms with Gasteiger partial charge in [0.15, 0.2) is 5.60 Å². The number of rotatable bonds is 4. The fourth-order valence-electron chi connectivity index (χ4n) is 3.53. The SMILES string of the molecule is CC1(C)OB(c2cc(C(C)(O)C(F)(F)F)cc3c2ccn3Sc2ccccc2)OC1(C)C. The fraction of sp³-hybridized carbons (Fsp3) is 0.391. The Morgan fingerprint density at radius 2 is 1.56 bits per heavy atom. The molecule has 1 N–H and O–H groups in total. The van der Waals surface area contributed by atoms with E-state index in [4.69, 9.17) is 9.31 Å². The molecule has 4 nitrogen and oxygen atoms in total. The molecule has 1 fully saturated rings. The van der Waals surface area contributed by atoms with E-state index in [2.05, 4.69) is 0 Å². The van der Waals surface area contributed by atoms with Crippen LogP contribution in [-0.2, 0) is 14.9 Å². The van der Waals surface area contributed by atoms with Crippen molar-refractivity contribution in [3.05, 3.63) is 60.3 Å². The highest BCUT2D eigenvalue weighted by atomic mass is 32.2. The Bertz CT molecular complexity index is 1130. The highest BCUT2D eigenvalue weighted by Gasteiger charge is 2.54. The molecule has 1 aromatic heterocycles. The number of fused-ring (bicyclic) bond motifs is 1. The van der Waals surface area contributed by atoms with Crippen LogP contribution in [-0.4, -0.2) is 33.6 Å². The zero-order chi connectivity index (χ0) is 23.5. The fourth-order valence-corrected chi connectivity index (χ4v) is 4.41. The topological polar surface area (TPSA) is 43.6 Å². The summed E-state index contributed by atoms with van der Waals surface area (Å²) in [5, 5.41) is 11.2. The first-order valence-electron chi connectivity index (χ1n) is 10.3. The Kier molecular flexibility index (Phi) is 5.48. The molecular weight excluding hydrogens is 438 g/mol. The molecule has 0 amide bonds. The molecule has 170 valence electrons. The number of aromatic nitrogens is 1. The van der Waals surface area contributed by atoms with Crippen LogP contribution in [0.4, 0.5) is 13.2 Å². The Morgan fingerprint density at radius 3 is 2.12 bits per heavy atom. The lowest BCUT2D eigenvalue weighted by Crippen LogP contribution is -2.41. The van der Waals surface area contributed by atoms with Crippen molar-refractivity contribution in [3.63, 3.8) is 0 Å². The summed E-state index contributed by atoms with van der Waals surface area (Å²) in [6, 6.07) is 14.1. The minimum atomic E-state index is -4.85. The summed E-state index contributed by atoms with van der Waals surface area (Å²) in [6.45, 7) is 8.30. The first kappa shape index (κ1) is 23.2. The lowest BCUT2D eigenvalue weighted by atomic mass is 9.74. The normalized spacial score (nSPS) is 20.0. The van der Waals surface area contributed by atoms with Crippen LogP contribution < -0.4 is 5.46 Å². The van der Waals surface area contributed by atoms with Gasteiger partial charge >= 0.3 is 13.3 Å². The molecule has 0 aliphatic carbocycles. The number of alkyl halides is 3. The maximum atomic E-state index is 13.7. The molecule has 1 saturated heterocycles. The molecule has 2 aromatic carbocycles. The van der Waals surface area contributed by atoms with Crippen LogP contribution in [0, 0.1) is 0 Å². The van der Waals surface area contributed by atoms with Gasteiger partial charge in [0.25, 0.3) is 0 Å². The van der Waals surface area contributed by atoms with E-state index in [0.29, 0.717) is 16.4 Å². The van der Waals surface area contributed by atoms with Crippen LogP contribution in [0.2, 0.25) is 0 Å². The average molecular weight is 463 g/mol. The molecule has 1 aliphatic heterocycles. The van der Waals surface area contributed by atoms with Crippen LogP contribution in [0.15, 0.2) is 59.6 Å². The summed E-state index contributed by atoms with van der Waals surface area (Å²) >= 11 is 1.37. The maximum Gasteiger partial charge on any atom is 0.495 e. The average Bonchev–Trinajstić information content (AvgIpc) is 3.18. The van der Waals surface area contributed by atoms with Crippen LogP contribution in [0.25, 0.3) is 10.9 Å². The van der Waals surface area contributed by atoms with Crippen molar-refractivity contribution in [1.82, 2.24) is 3.97 Å². The largest absolute Gasteiger partial charge is 0.495 e. The molecule has 3 aromatic rings. The van der Waals surface area contributed by atoms with Gasteiger partial charge in [0.2, 0.25) is 0 Å². The number of halogens is 3. The van der Waals surface area contributed by atoms with Crippen molar-refractivity contribution in [2.24, 2.45) is 0 Å². The van der Waals surface area contributed by atoms with E-state index in [-0.39, 0.29) is 5.56 Å². The van der Waals surface area contributed by atoms with E-state index in [1.807, 2.05) is 64.1 Å². The molecule has 32 heavy (non-hydrogen) atoms. The lowest BCUT2D eigenvalue weighted by Gasteiger charge is -2.32. The molecule has 0 saturated carbocycles. The minimum Gasteiger partial charge on any atom is -0.399 e. The summed E-state index contributed by atoms with van der Waals surface area (Å²) in [6.07, 6.45) is -3.05. The molecular formula is C23H25BF3NO3S. The van der Waals surface area contributed by atoms with Crippen molar-refractivity contribution in [2.45, 2.75) is 62.5 Å². The van der Waals surface area contributed by atoms with Gasteiger partial charge in [0.1, 0.15) is 0 Å². The van der Waals surface area contributed by atoms with Crippen LogP contribution >= 0.6 is 11.9 Å². The van der Waals surface area contributed by atoms with Gasteiger partial charge < -0.3 is 14.4 Å². The van der Waals surface area contributed by atoms with E-state index in [0.717, 1.165) is 11.8 Å². The molecule has 2 heterocycles. The zero-order valence-corrected chi connectivity index (χ0v) is 19.3. The number of hydrogen-bond acceptors (Lipinski definition) is 4. The molecule has 1 unspecified atom stereocenters. The van der Waals surface area contributed by atoms with E-state index < -0.39 is 30.1 Å². The Hall–Kier alpha value is -1.94. The minimum absolute atomic E-state index is 0.268. The number of benzene rings is 2. The van der Waals surface area contributed by atoms with E-state index in [1.54, 1.807) is 10.2 Å². The quantitative estimate of drug-likeness (QED) is 0.536. The molecule has 4 rings (SSSR count). The van der Waals surface area contributed by atoms with Crippen LogP contribution in [0.5, 0.6) is 0 Å². The first-order valence-corrected chi connectivity index (χ1v) is 11.0. The van der Waals surface area contributed by atoms with Crippen molar-refractivity contribution in [1.29, 1.82) is 0 Å². The first-order chi connectivity index (χ1) is 14.7. The molecule has 1 aliphatic rings. The molecule has 0 radical (unpaired) electrons. The Labute approximate surface area is 190 Å². The van der Waals surface area contributed by atoms with E-state index in [9.17, 15) is 18.3 Å². The van der Waals surface area contributed by atoms with Crippen molar-refractivity contribution >= 4 is 35.4 Å². The zero-order valence-electron chi connectivity index (χ0n) is 18.5. The molecule has 9 heteroatoms. The van der Waals surface area contributed by atoms with E-state index in [1.165, 1.54) is 24.1 Å². The van der Waals surface area contributed by atoms with Gasteiger partial charge in [-0.15, -0.1) is 0 Å². The van der Waals surface area contributed by atoms with Crippen molar-refractivity contribution in [3.8, 4) is 0 Å². The Balaban J connectivity index is 1.89. The van der Waals surface area contributed by atoms with Gasteiger partial charge in [0.05, 0.1) is 16.7 Å². The second-order valence-corrected chi connectivity index (χ2v) is 10.2. The Morgan fingerprint density at radius 1 is 0.969 bits per heavy atom. The molecule has 1 atom stereocenters. The van der Waals surface area contributed by atoms with Crippen molar-refractivity contribution < 1.29 is 27.6 Å². The summed E-state index contributed by atoms with van der Waals surface area (Å²) in [5.41, 5.74) is -3.64. The van der Waals surface area contributed by atoms with Crippen molar-refractivity contribution in [2.75, 3.05) is 0 Å². The highest BCUT2D eigenvalue weighted by molar-refractivity contribution is 7.98. The second-order valence-electron chi connectivity index (χ2n) is 9.20. The standard InChI is InChI=1S/C23H25BF3NO3S/c1-20(2)21(3,4)31-24(30-20)18-13-15(22(5,29)23(25,26)27)14-19-17(18)11-12-28(19)32-16-9-7-6-8-10-16/h6-14,29H,1-5H3. The summed E-state index contributed by atoms with van der Waals surface area (Å²) in [4.78, 5) is 0.926. The molecule has 0 bridgehead atoms. The number of hydrogen-bond donors (Lipinski definition) is 1. The maximum absolute atomic E-state index is 13.7. The predicted octanol–water partition coefficient (Wildman–Crippen LogP) is 5.27. The van der Waals surface area contributed by atoms with Gasteiger partial charge in [-0.25, -0.2) is 0 Å². The smallest absolute Gasteiger partial charge is 0.399 e. The van der Waals surface area contributed by atoms with Crippen LogP contribution in [0.3, 0.4) is 0 Å². The third-order valence-electron chi connectivity index (χ3n) is 6.37. The van der Waals surface area contributed by atoms with Gasteiger partial charge in [-0.2, -0.15) is 13.2 Å². The van der Waals surface area contributed by atoms with E-state index >= 15 is 0 Å². The van der Waals surface area contributed by atoms with Gasteiger partial charge in [-0.3, -0.25) is 3.97 Å². The summed E-state index contributed by atoms with van der Waals surface area (Å²) in [7, 11) is -0.871. The third-order valence-corrected chi connectivity index (χ3v) is 7.37. The highest BCUT2D eigenvalue weighted by Crippen LogP contribution is 2.41. The van der Waals surface area contributed by atoms with Crippen LogP contribution in [0.1, 0.15) is 40.2 Å². The third kappa shape index (κ3) is 3.85. The monoisotopic (exact) mass is 463 g/mol. The van der Waals surface area contributed by atoms with Gasteiger partial charge in [-0.05, 0) is 81.9 Å².